The molecule has 0 aromatic heterocycles. The van der Waals surface area contributed by atoms with Crippen molar-refractivity contribution in [3.8, 4) is 0 Å². The number of amides is 3. The molecular formula is C24H48N6O3. The van der Waals surface area contributed by atoms with Crippen molar-refractivity contribution in [1.82, 2.24) is 29.4 Å². The minimum absolute atomic E-state index is 0.135. The van der Waals surface area contributed by atoms with Gasteiger partial charge in [0.1, 0.15) is 0 Å². The number of rotatable bonds is 12. The van der Waals surface area contributed by atoms with Gasteiger partial charge >= 0.3 is 0 Å². The molecule has 9 heteroatoms. The Labute approximate surface area is 201 Å². The van der Waals surface area contributed by atoms with Crippen LogP contribution in [0.5, 0.6) is 0 Å². The van der Waals surface area contributed by atoms with E-state index < -0.39 is 0 Å². The van der Waals surface area contributed by atoms with E-state index in [4.69, 9.17) is 0 Å². The second kappa shape index (κ2) is 16.0. The van der Waals surface area contributed by atoms with E-state index in [1.54, 1.807) is 0 Å². The molecule has 0 aromatic carbocycles. The zero-order chi connectivity index (χ0) is 24.8. The summed E-state index contributed by atoms with van der Waals surface area (Å²) in [5, 5.41) is 0. The summed E-state index contributed by atoms with van der Waals surface area (Å²) in [4.78, 5) is 50.3. The van der Waals surface area contributed by atoms with E-state index in [2.05, 4.69) is 14.7 Å². The zero-order valence-corrected chi connectivity index (χ0v) is 22.0. The molecule has 9 nitrogen and oxygen atoms in total. The van der Waals surface area contributed by atoms with E-state index in [-0.39, 0.29) is 17.7 Å². The van der Waals surface area contributed by atoms with E-state index in [9.17, 15) is 14.4 Å². The average Bonchev–Trinajstić information content (AvgIpc) is 2.88. The van der Waals surface area contributed by atoms with E-state index in [1.165, 1.54) is 0 Å². The molecule has 0 bridgehead atoms. The van der Waals surface area contributed by atoms with Crippen LogP contribution in [0.3, 0.4) is 0 Å². The molecule has 0 saturated carbocycles. The second-order valence-corrected chi connectivity index (χ2v) is 8.53. The number of nitrogens with zero attached hydrogens (tertiary/aromatic N) is 6. The molecule has 1 fully saturated rings. The highest BCUT2D eigenvalue weighted by Gasteiger charge is 2.23. The first-order valence-electron chi connectivity index (χ1n) is 12.8. The van der Waals surface area contributed by atoms with Crippen molar-refractivity contribution in [2.75, 3.05) is 98.2 Å². The van der Waals surface area contributed by atoms with E-state index >= 15 is 0 Å². The van der Waals surface area contributed by atoms with Crippen molar-refractivity contribution in [2.24, 2.45) is 0 Å². The van der Waals surface area contributed by atoms with Gasteiger partial charge in [-0.25, -0.2) is 0 Å². The molecule has 0 N–H and O–H groups in total. The van der Waals surface area contributed by atoms with Crippen LogP contribution in [0.15, 0.2) is 0 Å². The van der Waals surface area contributed by atoms with Crippen LogP contribution in [-0.2, 0) is 14.4 Å². The zero-order valence-electron chi connectivity index (χ0n) is 22.0. The summed E-state index contributed by atoms with van der Waals surface area (Å²) < 4.78 is 0. The fraction of sp³-hybridized carbons (Fsp3) is 0.875. The van der Waals surface area contributed by atoms with Crippen molar-refractivity contribution >= 4 is 17.7 Å². The van der Waals surface area contributed by atoms with Crippen LogP contribution in [-0.4, -0.2) is 145 Å². The number of carbonyl (C=O) groups is 3. The second-order valence-electron chi connectivity index (χ2n) is 8.53. The van der Waals surface area contributed by atoms with Gasteiger partial charge in [0.05, 0.1) is 19.6 Å². The van der Waals surface area contributed by atoms with Crippen LogP contribution >= 0.6 is 0 Å². The normalized spacial score (nSPS) is 16.5. The summed E-state index contributed by atoms with van der Waals surface area (Å²) in [5.74, 6) is 0.405. The molecule has 3 amide bonds. The predicted molar refractivity (Wildman–Crippen MR) is 133 cm³/mol. The highest BCUT2D eigenvalue weighted by molar-refractivity contribution is 5.79. The van der Waals surface area contributed by atoms with Gasteiger partial charge in [-0.05, 0) is 41.5 Å². The number of hydrogen-bond donors (Lipinski definition) is 0. The lowest BCUT2D eigenvalue weighted by atomic mass is 10.3. The molecule has 0 atom stereocenters. The summed E-state index contributed by atoms with van der Waals surface area (Å²) in [7, 11) is 0. The molecule has 0 spiro atoms. The lowest BCUT2D eigenvalue weighted by Crippen LogP contribution is -2.45. The van der Waals surface area contributed by atoms with Gasteiger partial charge in [0.25, 0.3) is 0 Å². The highest BCUT2D eigenvalue weighted by atomic mass is 16.2. The van der Waals surface area contributed by atoms with Gasteiger partial charge < -0.3 is 14.7 Å². The fourth-order valence-corrected chi connectivity index (χ4v) is 4.26. The molecule has 0 aliphatic carbocycles. The lowest BCUT2D eigenvalue weighted by Gasteiger charge is -2.28. The van der Waals surface area contributed by atoms with Crippen molar-refractivity contribution in [3.63, 3.8) is 0 Å². The molecule has 192 valence electrons. The molecule has 0 aromatic rings. The SMILES string of the molecule is CCN(CC)C(=O)CN1CCN(CC(=O)N(CC)CC)CCN(CC(=O)N(CC)CC)CC1. The Bertz CT molecular complexity index is 498. The first-order valence-corrected chi connectivity index (χ1v) is 12.8. The topological polar surface area (TPSA) is 70.7 Å². The third-order valence-electron chi connectivity index (χ3n) is 6.62. The minimum atomic E-state index is 0.135. The average molecular weight is 469 g/mol. The van der Waals surface area contributed by atoms with Gasteiger partial charge in [-0.3, -0.25) is 29.1 Å². The van der Waals surface area contributed by atoms with Crippen LogP contribution < -0.4 is 0 Å². The Hall–Kier alpha value is -1.71. The van der Waals surface area contributed by atoms with E-state index in [0.29, 0.717) is 58.9 Å². The van der Waals surface area contributed by atoms with Crippen molar-refractivity contribution in [2.45, 2.75) is 41.5 Å². The van der Waals surface area contributed by atoms with Crippen LogP contribution in [0.2, 0.25) is 0 Å². The van der Waals surface area contributed by atoms with Crippen LogP contribution in [0, 0.1) is 0 Å². The maximum Gasteiger partial charge on any atom is 0.236 e. The van der Waals surface area contributed by atoms with Gasteiger partial charge in [0.2, 0.25) is 17.7 Å². The van der Waals surface area contributed by atoms with E-state index in [0.717, 1.165) is 39.3 Å². The minimum Gasteiger partial charge on any atom is -0.342 e. The molecule has 1 rings (SSSR count). The summed E-state index contributed by atoms with van der Waals surface area (Å²) in [6.07, 6.45) is 0. The maximum absolute atomic E-state index is 12.7. The number of carbonyl (C=O) groups excluding carboxylic acids is 3. The summed E-state index contributed by atoms with van der Waals surface area (Å²) in [5.41, 5.74) is 0. The van der Waals surface area contributed by atoms with Crippen LogP contribution in [0.25, 0.3) is 0 Å². The molecule has 1 heterocycles. The highest BCUT2D eigenvalue weighted by Crippen LogP contribution is 2.05. The van der Waals surface area contributed by atoms with Crippen LogP contribution in [0.1, 0.15) is 41.5 Å². The van der Waals surface area contributed by atoms with Gasteiger partial charge in [-0.2, -0.15) is 0 Å². The Balaban J connectivity index is 2.93. The largest absolute Gasteiger partial charge is 0.342 e. The van der Waals surface area contributed by atoms with Gasteiger partial charge in [0, 0.05) is 78.5 Å². The quantitative estimate of drug-likeness (QED) is 0.416. The standard InChI is InChI=1S/C24H48N6O3/c1-7-28(8-2)22(31)19-25-13-15-26(20-23(32)29(9-3)10-4)17-18-27(16-14-25)21-24(33)30(11-5)12-6/h7-21H2,1-6H3. The molecule has 0 unspecified atom stereocenters. The molecule has 0 radical (unpaired) electrons. The summed E-state index contributed by atoms with van der Waals surface area (Å²) >= 11 is 0. The Morgan fingerprint density at radius 2 is 0.636 bits per heavy atom. The maximum atomic E-state index is 12.7. The van der Waals surface area contributed by atoms with E-state index in [1.807, 2.05) is 56.2 Å². The van der Waals surface area contributed by atoms with Gasteiger partial charge in [-0.1, -0.05) is 0 Å². The fourth-order valence-electron chi connectivity index (χ4n) is 4.26. The molecule has 33 heavy (non-hydrogen) atoms. The number of hydrogen-bond acceptors (Lipinski definition) is 6. The smallest absolute Gasteiger partial charge is 0.236 e. The van der Waals surface area contributed by atoms with Crippen molar-refractivity contribution in [3.05, 3.63) is 0 Å². The first kappa shape index (κ1) is 29.3. The molecular weight excluding hydrogens is 420 g/mol. The molecule has 1 saturated heterocycles. The first-order chi connectivity index (χ1) is 15.8. The van der Waals surface area contributed by atoms with Crippen LogP contribution in [0.4, 0.5) is 0 Å². The lowest BCUT2D eigenvalue weighted by molar-refractivity contribution is -0.133. The monoisotopic (exact) mass is 468 g/mol. The summed E-state index contributed by atoms with van der Waals surface area (Å²) in [6, 6.07) is 0. The number of likely N-dealkylation sites (N-methyl/N-ethyl adjacent to an activating group) is 3. The third kappa shape index (κ3) is 9.98. The van der Waals surface area contributed by atoms with Gasteiger partial charge in [0.15, 0.2) is 0 Å². The van der Waals surface area contributed by atoms with Crippen molar-refractivity contribution in [1.29, 1.82) is 0 Å². The Morgan fingerprint density at radius 3 is 0.788 bits per heavy atom. The Morgan fingerprint density at radius 1 is 0.455 bits per heavy atom. The van der Waals surface area contributed by atoms with Crippen molar-refractivity contribution < 1.29 is 14.4 Å². The summed E-state index contributed by atoms with van der Waals surface area (Å²) in [6.45, 7) is 21.8. The predicted octanol–water partition coefficient (Wildman–Crippen LogP) is 0.511. The van der Waals surface area contributed by atoms with Gasteiger partial charge in [-0.15, -0.1) is 0 Å². The third-order valence-corrected chi connectivity index (χ3v) is 6.62. The molecule has 1 aliphatic rings. The molecule has 1 aliphatic heterocycles. The Kier molecular flexibility index (Phi) is 14.2.